The number of fused-ring (bicyclic) bond motifs is 2. The van der Waals surface area contributed by atoms with Crippen molar-refractivity contribution < 1.29 is 4.79 Å². The van der Waals surface area contributed by atoms with Crippen LogP contribution >= 0.6 is 0 Å². The molecule has 2 aliphatic rings. The van der Waals surface area contributed by atoms with E-state index in [0.29, 0.717) is 5.92 Å². The number of aromatic amines is 1. The second kappa shape index (κ2) is 7.33. The molecule has 1 saturated heterocycles. The molecule has 3 aromatic heterocycles. The number of amides is 1. The minimum Gasteiger partial charge on any atom is -0.355 e. The number of nitrogens with one attached hydrogen (secondary N) is 2. The minimum absolute atomic E-state index is 0.00195. The molecule has 1 aromatic carbocycles. The van der Waals surface area contributed by atoms with Gasteiger partial charge in [0.05, 0.1) is 11.0 Å². The van der Waals surface area contributed by atoms with Crippen molar-refractivity contribution in [2.75, 3.05) is 23.3 Å². The van der Waals surface area contributed by atoms with Crippen LogP contribution in [0.5, 0.6) is 0 Å². The molecule has 4 aromatic rings. The first-order valence-corrected chi connectivity index (χ1v) is 11.0. The molecule has 9 nitrogen and oxygen atoms in total. The van der Waals surface area contributed by atoms with E-state index in [0.717, 1.165) is 59.9 Å². The van der Waals surface area contributed by atoms with Crippen LogP contribution in [0, 0.1) is 5.92 Å². The molecule has 158 valence electrons. The highest BCUT2D eigenvalue weighted by molar-refractivity contribution is 5.94. The van der Waals surface area contributed by atoms with E-state index >= 15 is 0 Å². The van der Waals surface area contributed by atoms with E-state index in [1.165, 1.54) is 19.3 Å². The highest BCUT2D eigenvalue weighted by Gasteiger charge is 2.26. The number of benzene rings is 1. The normalized spacial score (nSPS) is 17.9. The van der Waals surface area contributed by atoms with Crippen molar-refractivity contribution in [3.8, 4) is 0 Å². The molecule has 1 saturated carbocycles. The van der Waals surface area contributed by atoms with Gasteiger partial charge in [-0.2, -0.15) is 4.52 Å². The highest BCUT2D eigenvalue weighted by Crippen LogP contribution is 2.35. The van der Waals surface area contributed by atoms with Crippen LogP contribution in [0.4, 0.5) is 11.5 Å². The number of hydrogen-bond acceptors (Lipinski definition) is 6. The summed E-state index contributed by atoms with van der Waals surface area (Å²) in [6.45, 7) is 1.59. The third-order valence-electron chi connectivity index (χ3n) is 6.60. The van der Waals surface area contributed by atoms with Gasteiger partial charge >= 0.3 is 0 Å². The Kier molecular flexibility index (Phi) is 4.33. The second-order valence-electron chi connectivity index (χ2n) is 8.56. The van der Waals surface area contributed by atoms with E-state index in [1.54, 1.807) is 10.8 Å². The SMILES string of the molecule is O=C(Nc1ccc2nc(C3CCC3)[nH]c2c1)C1CCN(c2ccc3nncn3n2)CC1. The first-order valence-electron chi connectivity index (χ1n) is 11.0. The first kappa shape index (κ1) is 18.3. The van der Waals surface area contributed by atoms with Gasteiger partial charge in [0.1, 0.15) is 18.0 Å². The smallest absolute Gasteiger partial charge is 0.227 e. The van der Waals surface area contributed by atoms with E-state index in [2.05, 4.69) is 30.5 Å². The molecule has 0 bridgehead atoms. The molecule has 31 heavy (non-hydrogen) atoms. The summed E-state index contributed by atoms with van der Waals surface area (Å²) in [5.74, 6) is 2.61. The van der Waals surface area contributed by atoms with Crippen molar-refractivity contribution in [1.82, 2.24) is 29.8 Å². The highest BCUT2D eigenvalue weighted by atomic mass is 16.1. The van der Waals surface area contributed by atoms with Gasteiger partial charge in [-0.15, -0.1) is 15.3 Å². The molecule has 1 amide bonds. The van der Waals surface area contributed by atoms with Gasteiger partial charge in [0.25, 0.3) is 0 Å². The van der Waals surface area contributed by atoms with E-state index in [9.17, 15) is 4.79 Å². The summed E-state index contributed by atoms with van der Waals surface area (Å²) >= 11 is 0. The lowest BCUT2D eigenvalue weighted by molar-refractivity contribution is -0.120. The Morgan fingerprint density at radius 3 is 2.77 bits per heavy atom. The fourth-order valence-electron chi connectivity index (χ4n) is 4.48. The summed E-state index contributed by atoms with van der Waals surface area (Å²) in [7, 11) is 0. The Labute approximate surface area is 178 Å². The molecule has 1 aliphatic heterocycles. The summed E-state index contributed by atoms with van der Waals surface area (Å²) in [5, 5.41) is 15.5. The second-order valence-corrected chi connectivity index (χ2v) is 8.56. The van der Waals surface area contributed by atoms with Gasteiger partial charge in [-0.1, -0.05) is 6.42 Å². The topological polar surface area (TPSA) is 104 Å². The van der Waals surface area contributed by atoms with Crippen LogP contribution in [0.2, 0.25) is 0 Å². The average molecular weight is 416 g/mol. The zero-order valence-electron chi connectivity index (χ0n) is 17.2. The molecule has 0 radical (unpaired) electrons. The van der Waals surface area contributed by atoms with Crippen LogP contribution in [0.25, 0.3) is 16.7 Å². The lowest BCUT2D eigenvalue weighted by Crippen LogP contribution is -2.38. The number of piperidine rings is 1. The van der Waals surface area contributed by atoms with Gasteiger partial charge in [-0.25, -0.2) is 4.98 Å². The Morgan fingerprint density at radius 1 is 1.10 bits per heavy atom. The maximum absolute atomic E-state index is 12.9. The summed E-state index contributed by atoms with van der Waals surface area (Å²) < 4.78 is 1.68. The minimum atomic E-state index is -0.00195. The zero-order chi connectivity index (χ0) is 20.8. The van der Waals surface area contributed by atoms with Gasteiger partial charge in [0.2, 0.25) is 5.91 Å². The standard InChI is InChI=1S/C22H24N8O/c31-22(24-16-4-5-17-18(12-16)26-21(25-17)14-2-1-3-14)15-8-10-29(11-9-15)20-7-6-19-27-23-13-30(19)28-20/h4-7,12-15H,1-3,8-11H2,(H,24,31)(H,25,26). The van der Waals surface area contributed by atoms with Gasteiger partial charge in [-0.05, 0) is 56.0 Å². The number of carbonyl (C=O) groups is 1. The third-order valence-corrected chi connectivity index (χ3v) is 6.60. The Bertz CT molecular complexity index is 1250. The molecule has 6 rings (SSSR count). The number of carbonyl (C=O) groups excluding carboxylic acids is 1. The van der Waals surface area contributed by atoms with Crippen LogP contribution in [0.3, 0.4) is 0 Å². The molecular formula is C22H24N8O. The summed E-state index contributed by atoms with van der Waals surface area (Å²) in [6, 6.07) is 9.80. The van der Waals surface area contributed by atoms with Gasteiger partial charge in [0.15, 0.2) is 5.65 Å². The molecule has 0 unspecified atom stereocenters. The van der Waals surface area contributed by atoms with E-state index in [-0.39, 0.29) is 11.8 Å². The Balaban J connectivity index is 1.10. The van der Waals surface area contributed by atoms with Crippen LogP contribution in [-0.4, -0.2) is 48.8 Å². The Hall–Kier alpha value is -3.49. The van der Waals surface area contributed by atoms with Crippen molar-refractivity contribution in [3.63, 3.8) is 0 Å². The maximum Gasteiger partial charge on any atom is 0.227 e. The fraction of sp³-hybridized carbons (Fsp3) is 0.409. The molecule has 0 atom stereocenters. The van der Waals surface area contributed by atoms with Crippen LogP contribution in [-0.2, 0) is 4.79 Å². The monoisotopic (exact) mass is 416 g/mol. The summed E-state index contributed by atoms with van der Waals surface area (Å²) in [4.78, 5) is 23.2. The average Bonchev–Trinajstić information content (AvgIpc) is 3.38. The molecule has 0 spiro atoms. The predicted octanol–water partition coefficient (Wildman–Crippen LogP) is 3.12. The molecule has 4 heterocycles. The zero-order valence-corrected chi connectivity index (χ0v) is 17.2. The molecule has 1 aliphatic carbocycles. The van der Waals surface area contributed by atoms with Gasteiger partial charge in [0, 0.05) is 30.6 Å². The van der Waals surface area contributed by atoms with Crippen molar-refractivity contribution in [1.29, 1.82) is 0 Å². The number of anilines is 2. The van der Waals surface area contributed by atoms with Crippen molar-refractivity contribution in [2.45, 2.75) is 38.0 Å². The van der Waals surface area contributed by atoms with E-state index in [4.69, 9.17) is 4.98 Å². The number of rotatable bonds is 4. The molecule has 9 heteroatoms. The van der Waals surface area contributed by atoms with Crippen molar-refractivity contribution in [2.24, 2.45) is 5.92 Å². The quantitative estimate of drug-likeness (QED) is 0.530. The first-order chi connectivity index (χ1) is 15.2. The largest absolute Gasteiger partial charge is 0.355 e. The lowest BCUT2D eigenvalue weighted by Gasteiger charge is -2.32. The van der Waals surface area contributed by atoms with Crippen molar-refractivity contribution >= 4 is 34.1 Å². The van der Waals surface area contributed by atoms with Gasteiger partial charge < -0.3 is 15.2 Å². The van der Waals surface area contributed by atoms with Crippen LogP contribution < -0.4 is 10.2 Å². The lowest BCUT2D eigenvalue weighted by atomic mass is 9.85. The number of H-pyrrole nitrogens is 1. The van der Waals surface area contributed by atoms with Crippen LogP contribution in [0.15, 0.2) is 36.7 Å². The fourth-order valence-corrected chi connectivity index (χ4v) is 4.48. The van der Waals surface area contributed by atoms with Crippen molar-refractivity contribution in [3.05, 3.63) is 42.5 Å². The molecule has 2 fully saturated rings. The van der Waals surface area contributed by atoms with E-state index < -0.39 is 0 Å². The number of imidazole rings is 1. The third kappa shape index (κ3) is 3.39. The Morgan fingerprint density at radius 2 is 1.97 bits per heavy atom. The number of nitrogens with zero attached hydrogens (tertiary/aromatic N) is 6. The predicted molar refractivity (Wildman–Crippen MR) is 117 cm³/mol. The molecular weight excluding hydrogens is 392 g/mol. The number of aromatic nitrogens is 6. The molecule has 2 N–H and O–H groups in total. The maximum atomic E-state index is 12.9. The number of hydrogen-bond donors (Lipinski definition) is 2. The summed E-state index contributed by atoms with van der Waals surface area (Å²) in [5.41, 5.74) is 3.51. The van der Waals surface area contributed by atoms with E-state index in [1.807, 2.05) is 30.3 Å². The van der Waals surface area contributed by atoms with Gasteiger partial charge in [-0.3, -0.25) is 4.79 Å². The summed E-state index contributed by atoms with van der Waals surface area (Å²) in [6.07, 6.45) is 6.91. The van der Waals surface area contributed by atoms with Crippen LogP contribution in [0.1, 0.15) is 43.8 Å².